The van der Waals surface area contributed by atoms with Gasteiger partial charge in [-0.15, -0.1) is 0 Å². The fourth-order valence-corrected chi connectivity index (χ4v) is 2.67. The molecule has 0 saturated carbocycles. The summed E-state index contributed by atoms with van der Waals surface area (Å²) >= 11 is 0. The summed E-state index contributed by atoms with van der Waals surface area (Å²) in [6.07, 6.45) is 6.59. The van der Waals surface area contributed by atoms with Gasteiger partial charge in [-0.2, -0.15) is 0 Å². The van der Waals surface area contributed by atoms with Crippen LogP contribution in [0.3, 0.4) is 0 Å². The van der Waals surface area contributed by atoms with Crippen molar-refractivity contribution in [1.29, 1.82) is 0 Å². The van der Waals surface area contributed by atoms with E-state index in [9.17, 15) is 4.79 Å². The smallest absolute Gasteiger partial charge is 0.227 e. The number of aromatic nitrogens is 2. The third-order valence-corrected chi connectivity index (χ3v) is 3.81. The lowest BCUT2D eigenvalue weighted by Crippen LogP contribution is -2.38. The third-order valence-electron chi connectivity index (χ3n) is 3.81. The third kappa shape index (κ3) is 3.15. The fraction of sp³-hybridized carbons (Fsp3) is 0.714. The van der Waals surface area contributed by atoms with Crippen molar-refractivity contribution in [2.45, 2.75) is 39.2 Å². The summed E-state index contributed by atoms with van der Waals surface area (Å²) in [4.78, 5) is 18.5. The Morgan fingerprint density at radius 3 is 2.68 bits per heavy atom. The molecule has 0 aromatic carbocycles. The Balaban J connectivity index is 2.05. The van der Waals surface area contributed by atoms with Gasteiger partial charge in [-0.1, -0.05) is 0 Å². The Hall–Kier alpha value is -1.36. The van der Waals surface area contributed by atoms with E-state index >= 15 is 0 Å². The summed E-state index contributed by atoms with van der Waals surface area (Å²) < 4.78 is 2.11. The van der Waals surface area contributed by atoms with Gasteiger partial charge in [0.25, 0.3) is 0 Å². The number of carbonyl (C=O) groups excluding carboxylic acids is 1. The van der Waals surface area contributed by atoms with Gasteiger partial charge < -0.3 is 15.2 Å². The molecule has 2 N–H and O–H groups in total. The molecule has 5 heteroatoms. The highest BCUT2D eigenvalue weighted by atomic mass is 16.2. The van der Waals surface area contributed by atoms with Gasteiger partial charge in [0.05, 0.1) is 12.2 Å². The van der Waals surface area contributed by atoms with E-state index in [0.29, 0.717) is 19.0 Å². The number of likely N-dealkylation sites (tertiary alicyclic amines) is 1. The van der Waals surface area contributed by atoms with Crippen LogP contribution in [-0.4, -0.2) is 40.0 Å². The minimum absolute atomic E-state index is 0.118. The minimum Gasteiger partial charge on any atom is -0.342 e. The van der Waals surface area contributed by atoms with Gasteiger partial charge in [0, 0.05) is 44.0 Å². The van der Waals surface area contributed by atoms with Gasteiger partial charge in [0.2, 0.25) is 5.91 Å². The van der Waals surface area contributed by atoms with Gasteiger partial charge in [-0.3, -0.25) is 4.79 Å². The fourth-order valence-electron chi connectivity index (χ4n) is 2.67. The molecule has 1 unspecified atom stereocenters. The van der Waals surface area contributed by atoms with E-state index in [1.165, 1.54) is 0 Å². The Bertz CT molecular complexity index is 421. The van der Waals surface area contributed by atoms with E-state index < -0.39 is 0 Å². The molecule has 106 valence electrons. The number of imidazole rings is 1. The Morgan fingerprint density at radius 2 is 2.11 bits per heavy atom. The molecule has 1 aromatic rings. The van der Waals surface area contributed by atoms with Crippen LogP contribution >= 0.6 is 0 Å². The molecule has 0 bridgehead atoms. The second-order valence-electron chi connectivity index (χ2n) is 5.56. The molecule has 1 saturated heterocycles. The molecule has 5 nitrogen and oxygen atoms in total. The quantitative estimate of drug-likeness (QED) is 0.869. The number of rotatable bonds is 5. The molecule has 1 fully saturated rings. The number of hydrogen-bond donors (Lipinski definition) is 1. The summed E-state index contributed by atoms with van der Waals surface area (Å²) in [6.45, 7) is 6.41. The lowest BCUT2D eigenvalue weighted by molar-refractivity contribution is -0.134. The predicted octanol–water partition coefficient (Wildman–Crippen LogP) is 1.20. The Labute approximate surface area is 114 Å². The van der Waals surface area contributed by atoms with Crippen molar-refractivity contribution in [2.24, 2.45) is 11.7 Å². The highest BCUT2D eigenvalue weighted by molar-refractivity contribution is 5.79. The van der Waals surface area contributed by atoms with Crippen LogP contribution in [-0.2, 0) is 11.2 Å². The van der Waals surface area contributed by atoms with Crippen LogP contribution in [0.1, 0.15) is 38.4 Å². The number of nitrogens with two attached hydrogens (primary N) is 1. The molecule has 2 heterocycles. The molecule has 1 aliphatic heterocycles. The van der Waals surface area contributed by atoms with Crippen LogP contribution < -0.4 is 5.73 Å². The van der Waals surface area contributed by atoms with Crippen LogP contribution in [0.25, 0.3) is 0 Å². The van der Waals surface area contributed by atoms with E-state index in [-0.39, 0.29) is 11.8 Å². The van der Waals surface area contributed by atoms with Gasteiger partial charge in [0.1, 0.15) is 0 Å². The lowest BCUT2D eigenvalue weighted by atomic mass is 10.0. The van der Waals surface area contributed by atoms with Crippen molar-refractivity contribution in [3.8, 4) is 0 Å². The zero-order chi connectivity index (χ0) is 13.8. The van der Waals surface area contributed by atoms with Crippen LogP contribution in [0.2, 0.25) is 0 Å². The van der Waals surface area contributed by atoms with Crippen molar-refractivity contribution in [1.82, 2.24) is 14.5 Å². The average Bonchev–Trinajstić information content (AvgIpc) is 3.05. The molecule has 0 radical (unpaired) electrons. The second kappa shape index (κ2) is 6.19. The summed E-state index contributed by atoms with van der Waals surface area (Å²) in [6, 6.07) is 0.359. The molecular weight excluding hydrogens is 240 g/mol. The summed E-state index contributed by atoms with van der Waals surface area (Å²) in [5, 5.41) is 0. The van der Waals surface area contributed by atoms with Crippen LogP contribution in [0, 0.1) is 5.92 Å². The largest absolute Gasteiger partial charge is 0.342 e. The van der Waals surface area contributed by atoms with E-state index in [4.69, 9.17) is 5.73 Å². The van der Waals surface area contributed by atoms with Crippen molar-refractivity contribution < 1.29 is 4.79 Å². The average molecular weight is 264 g/mol. The van der Waals surface area contributed by atoms with Crippen molar-refractivity contribution in [3.05, 3.63) is 18.2 Å². The molecule has 0 spiro atoms. The van der Waals surface area contributed by atoms with Gasteiger partial charge >= 0.3 is 0 Å². The molecule has 2 rings (SSSR count). The summed E-state index contributed by atoms with van der Waals surface area (Å²) in [5.74, 6) is 0.0869. The van der Waals surface area contributed by atoms with E-state index in [1.54, 1.807) is 0 Å². The normalized spacial score (nSPS) is 17.2. The van der Waals surface area contributed by atoms with E-state index in [1.807, 2.05) is 17.4 Å². The number of hydrogen-bond acceptors (Lipinski definition) is 3. The number of carbonyl (C=O) groups is 1. The summed E-state index contributed by atoms with van der Waals surface area (Å²) in [5.41, 5.74) is 6.90. The van der Waals surface area contributed by atoms with Gasteiger partial charge in [-0.25, -0.2) is 4.98 Å². The first-order chi connectivity index (χ1) is 9.13. The molecule has 1 atom stereocenters. The summed E-state index contributed by atoms with van der Waals surface area (Å²) in [7, 11) is 0. The standard InChI is InChI=1S/C14H24N4O/c1-11(2)18-10-16-9-13(18)7-12(8-15)14(19)17-5-3-4-6-17/h9-12H,3-8,15H2,1-2H3. The van der Waals surface area contributed by atoms with E-state index in [2.05, 4.69) is 23.4 Å². The van der Waals surface area contributed by atoms with Crippen molar-refractivity contribution >= 4 is 5.91 Å². The maximum Gasteiger partial charge on any atom is 0.227 e. The molecule has 19 heavy (non-hydrogen) atoms. The predicted molar refractivity (Wildman–Crippen MR) is 74.7 cm³/mol. The molecule has 0 aliphatic carbocycles. The van der Waals surface area contributed by atoms with E-state index in [0.717, 1.165) is 31.6 Å². The number of amides is 1. The maximum absolute atomic E-state index is 12.4. The first-order valence-corrected chi connectivity index (χ1v) is 7.13. The van der Waals surface area contributed by atoms with Gasteiger partial charge in [-0.05, 0) is 26.7 Å². The van der Waals surface area contributed by atoms with Crippen molar-refractivity contribution in [2.75, 3.05) is 19.6 Å². The molecule has 1 aliphatic rings. The minimum atomic E-state index is -0.118. The second-order valence-corrected chi connectivity index (χ2v) is 5.56. The zero-order valence-electron chi connectivity index (χ0n) is 11.9. The monoisotopic (exact) mass is 264 g/mol. The highest BCUT2D eigenvalue weighted by Gasteiger charge is 2.26. The lowest BCUT2D eigenvalue weighted by Gasteiger charge is -2.23. The molecule has 1 aromatic heterocycles. The number of nitrogens with zero attached hydrogens (tertiary/aromatic N) is 3. The van der Waals surface area contributed by atoms with Gasteiger partial charge in [0.15, 0.2) is 0 Å². The SMILES string of the molecule is CC(C)n1cncc1CC(CN)C(=O)N1CCCC1. The van der Waals surface area contributed by atoms with Crippen LogP contribution in [0.4, 0.5) is 0 Å². The van der Waals surface area contributed by atoms with Crippen molar-refractivity contribution in [3.63, 3.8) is 0 Å². The first-order valence-electron chi connectivity index (χ1n) is 7.13. The highest BCUT2D eigenvalue weighted by Crippen LogP contribution is 2.17. The molecular formula is C14H24N4O. The maximum atomic E-state index is 12.4. The Kier molecular flexibility index (Phi) is 4.58. The zero-order valence-corrected chi connectivity index (χ0v) is 11.9. The van der Waals surface area contributed by atoms with Crippen LogP contribution in [0.15, 0.2) is 12.5 Å². The molecule has 1 amide bonds. The topological polar surface area (TPSA) is 64.2 Å². The first kappa shape index (κ1) is 14.1. The van der Waals surface area contributed by atoms with Crippen LogP contribution in [0.5, 0.6) is 0 Å². The Morgan fingerprint density at radius 1 is 1.42 bits per heavy atom.